The third-order valence-electron chi connectivity index (χ3n) is 2.88. The molecule has 4 heteroatoms. The van der Waals surface area contributed by atoms with Crippen LogP contribution in [-0.2, 0) is 6.42 Å². The molecule has 0 aromatic heterocycles. The molecule has 0 spiro atoms. The highest BCUT2D eigenvalue weighted by atomic mass is 16.5. The third-order valence-corrected chi connectivity index (χ3v) is 2.88. The number of ether oxygens (including phenoxy) is 1. The van der Waals surface area contributed by atoms with Crippen LogP contribution >= 0.6 is 0 Å². The second-order valence-electron chi connectivity index (χ2n) is 4.38. The molecule has 2 N–H and O–H groups in total. The minimum atomic E-state index is -1.45. The average molecular weight is 256 g/mol. The van der Waals surface area contributed by atoms with E-state index in [4.69, 9.17) is 14.8 Å². The Kier molecular flexibility index (Phi) is 5.01. The molecule has 0 aliphatic rings. The predicted molar refractivity (Wildman–Crippen MR) is 76.5 cm³/mol. The van der Waals surface area contributed by atoms with Gasteiger partial charge in [-0.15, -0.1) is 0 Å². The highest BCUT2D eigenvalue weighted by Gasteiger charge is 2.10. The van der Waals surface area contributed by atoms with Crippen molar-refractivity contribution in [2.24, 2.45) is 0 Å². The minimum Gasteiger partial charge on any atom is -0.494 e. The van der Waals surface area contributed by atoms with E-state index in [1.165, 1.54) is 5.56 Å². The van der Waals surface area contributed by atoms with Crippen LogP contribution in [0.1, 0.15) is 12.0 Å². The second-order valence-corrected chi connectivity index (χ2v) is 4.38. The van der Waals surface area contributed by atoms with Crippen molar-refractivity contribution in [1.82, 2.24) is 0 Å². The molecule has 2 aromatic rings. The van der Waals surface area contributed by atoms with Crippen molar-refractivity contribution in [3.63, 3.8) is 0 Å². The van der Waals surface area contributed by atoms with Gasteiger partial charge in [-0.3, -0.25) is 0 Å². The smallest absolute Gasteiger partial charge is 0.488 e. The van der Waals surface area contributed by atoms with Gasteiger partial charge in [0.15, 0.2) is 0 Å². The van der Waals surface area contributed by atoms with E-state index in [1.54, 1.807) is 18.2 Å². The molecule has 0 fully saturated rings. The molecule has 0 amide bonds. The summed E-state index contributed by atoms with van der Waals surface area (Å²) in [5.41, 5.74) is 1.74. The van der Waals surface area contributed by atoms with Gasteiger partial charge in [0.25, 0.3) is 0 Å². The molecule has 0 aliphatic carbocycles. The second kappa shape index (κ2) is 6.97. The number of rotatable bonds is 6. The van der Waals surface area contributed by atoms with Gasteiger partial charge in [-0.05, 0) is 36.0 Å². The van der Waals surface area contributed by atoms with E-state index in [2.05, 4.69) is 12.1 Å². The van der Waals surface area contributed by atoms with Gasteiger partial charge in [-0.25, -0.2) is 0 Å². The molecule has 19 heavy (non-hydrogen) atoms. The van der Waals surface area contributed by atoms with Crippen molar-refractivity contribution in [3.05, 3.63) is 60.2 Å². The van der Waals surface area contributed by atoms with Crippen LogP contribution in [0.4, 0.5) is 0 Å². The monoisotopic (exact) mass is 256 g/mol. The van der Waals surface area contributed by atoms with Gasteiger partial charge in [0, 0.05) is 0 Å². The van der Waals surface area contributed by atoms with Crippen LogP contribution in [0.25, 0.3) is 0 Å². The standard InChI is InChI=1S/C15H17BO3/c17-16(18)14-9-4-10-15(12-14)19-11-5-8-13-6-2-1-3-7-13/h1-4,6-7,9-10,12,17-18H,5,8,11H2. The fourth-order valence-electron chi connectivity index (χ4n) is 1.88. The van der Waals surface area contributed by atoms with Gasteiger partial charge < -0.3 is 14.8 Å². The molecule has 98 valence electrons. The summed E-state index contributed by atoms with van der Waals surface area (Å²) in [6.45, 7) is 0.611. The Hall–Kier alpha value is -1.78. The van der Waals surface area contributed by atoms with Crippen molar-refractivity contribution >= 4 is 12.6 Å². The Morgan fingerprint density at radius 3 is 2.47 bits per heavy atom. The zero-order valence-electron chi connectivity index (χ0n) is 10.7. The van der Waals surface area contributed by atoms with Crippen molar-refractivity contribution in [3.8, 4) is 5.75 Å². The van der Waals surface area contributed by atoms with Crippen LogP contribution in [0.5, 0.6) is 5.75 Å². The van der Waals surface area contributed by atoms with Gasteiger partial charge in [-0.1, -0.05) is 42.5 Å². The maximum absolute atomic E-state index is 9.07. The Bertz CT molecular complexity index is 500. The van der Waals surface area contributed by atoms with Crippen LogP contribution < -0.4 is 10.2 Å². The lowest BCUT2D eigenvalue weighted by Crippen LogP contribution is -2.29. The number of aryl methyl sites for hydroxylation is 1. The molecule has 0 atom stereocenters. The predicted octanol–water partition coefficient (Wildman–Crippen LogP) is 1.38. The summed E-state index contributed by atoms with van der Waals surface area (Å²) < 4.78 is 5.60. The highest BCUT2D eigenvalue weighted by molar-refractivity contribution is 6.58. The molecule has 2 aromatic carbocycles. The maximum Gasteiger partial charge on any atom is 0.488 e. The first-order valence-electron chi connectivity index (χ1n) is 6.38. The quantitative estimate of drug-likeness (QED) is 0.606. The summed E-state index contributed by atoms with van der Waals surface area (Å²) in [7, 11) is -1.45. The van der Waals surface area contributed by atoms with E-state index in [9.17, 15) is 0 Å². The molecule has 3 nitrogen and oxygen atoms in total. The molecule has 0 bridgehead atoms. The summed E-state index contributed by atoms with van der Waals surface area (Å²) >= 11 is 0. The zero-order chi connectivity index (χ0) is 13.5. The fourth-order valence-corrected chi connectivity index (χ4v) is 1.88. The van der Waals surface area contributed by atoms with Gasteiger partial charge in [0.2, 0.25) is 0 Å². The lowest BCUT2D eigenvalue weighted by Gasteiger charge is -2.08. The maximum atomic E-state index is 9.07. The first kappa shape index (κ1) is 13.7. The lowest BCUT2D eigenvalue weighted by atomic mass is 9.80. The normalized spacial score (nSPS) is 10.2. The van der Waals surface area contributed by atoms with Gasteiger partial charge >= 0.3 is 7.12 Å². The molecular weight excluding hydrogens is 239 g/mol. The summed E-state index contributed by atoms with van der Waals surface area (Å²) in [6.07, 6.45) is 1.90. The average Bonchev–Trinajstić information content (AvgIpc) is 2.45. The Morgan fingerprint density at radius 1 is 0.947 bits per heavy atom. The molecular formula is C15H17BO3. The lowest BCUT2D eigenvalue weighted by molar-refractivity contribution is 0.311. The van der Waals surface area contributed by atoms with Crippen LogP contribution in [-0.4, -0.2) is 23.8 Å². The topological polar surface area (TPSA) is 49.7 Å². The van der Waals surface area contributed by atoms with E-state index in [1.807, 2.05) is 24.3 Å². The van der Waals surface area contributed by atoms with Crippen LogP contribution in [0.3, 0.4) is 0 Å². The van der Waals surface area contributed by atoms with E-state index < -0.39 is 7.12 Å². The van der Waals surface area contributed by atoms with Crippen LogP contribution in [0.15, 0.2) is 54.6 Å². The Labute approximate surface area is 113 Å². The van der Waals surface area contributed by atoms with E-state index in [-0.39, 0.29) is 0 Å². The van der Waals surface area contributed by atoms with Crippen molar-refractivity contribution in [2.75, 3.05) is 6.61 Å². The molecule has 0 saturated carbocycles. The first-order valence-corrected chi connectivity index (χ1v) is 6.38. The fraction of sp³-hybridized carbons (Fsp3) is 0.200. The minimum absolute atomic E-state index is 0.445. The van der Waals surface area contributed by atoms with E-state index in [0.717, 1.165) is 12.8 Å². The molecule has 0 aliphatic heterocycles. The number of benzene rings is 2. The van der Waals surface area contributed by atoms with E-state index >= 15 is 0 Å². The molecule has 2 rings (SSSR count). The van der Waals surface area contributed by atoms with Crippen molar-refractivity contribution in [2.45, 2.75) is 12.8 Å². The zero-order valence-corrected chi connectivity index (χ0v) is 10.7. The SMILES string of the molecule is OB(O)c1cccc(OCCCc2ccccc2)c1. The summed E-state index contributed by atoms with van der Waals surface area (Å²) in [5, 5.41) is 18.1. The van der Waals surface area contributed by atoms with Crippen molar-refractivity contribution < 1.29 is 14.8 Å². The Balaban J connectivity index is 1.78. The van der Waals surface area contributed by atoms with E-state index in [0.29, 0.717) is 17.8 Å². The summed E-state index contributed by atoms with van der Waals surface area (Å²) in [5.74, 6) is 0.665. The summed E-state index contributed by atoms with van der Waals surface area (Å²) in [6, 6.07) is 17.1. The van der Waals surface area contributed by atoms with Crippen molar-refractivity contribution in [1.29, 1.82) is 0 Å². The van der Waals surface area contributed by atoms with Gasteiger partial charge in [0.1, 0.15) is 5.75 Å². The largest absolute Gasteiger partial charge is 0.494 e. The van der Waals surface area contributed by atoms with Gasteiger partial charge in [-0.2, -0.15) is 0 Å². The molecule has 0 heterocycles. The van der Waals surface area contributed by atoms with Crippen LogP contribution in [0, 0.1) is 0 Å². The molecule has 0 unspecified atom stereocenters. The number of hydrogen-bond donors (Lipinski definition) is 2. The summed E-state index contributed by atoms with van der Waals surface area (Å²) in [4.78, 5) is 0. The number of hydrogen-bond acceptors (Lipinski definition) is 3. The van der Waals surface area contributed by atoms with Gasteiger partial charge in [0.05, 0.1) is 6.61 Å². The first-order chi connectivity index (χ1) is 9.25. The Morgan fingerprint density at radius 2 is 1.74 bits per heavy atom. The van der Waals surface area contributed by atoms with Crippen LogP contribution in [0.2, 0.25) is 0 Å². The third kappa shape index (κ3) is 4.43. The molecule has 0 radical (unpaired) electrons. The highest BCUT2D eigenvalue weighted by Crippen LogP contribution is 2.09. The molecule has 0 saturated heterocycles.